The third kappa shape index (κ3) is 4.71. The van der Waals surface area contributed by atoms with E-state index in [1.807, 2.05) is 0 Å². The predicted molar refractivity (Wildman–Crippen MR) is 110 cm³/mol. The number of nitrogens with zero attached hydrogens (tertiary/aromatic N) is 1. The normalized spacial score (nSPS) is 17.9. The zero-order chi connectivity index (χ0) is 21.0. The van der Waals surface area contributed by atoms with Gasteiger partial charge < -0.3 is 14.9 Å². The second kappa shape index (κ2) is 9.20. The van der Waals surface area contributed by atoms with Crippen LogP contribution in [0.3, 0.4) is 0 Å². The van der Waals surface area contributed by atoms with E-state index in [0.29, 0.717) is 11.3 Å². The van der Waals surface area contributed by atoms with E-state index in [9.17, 15) is 24.6 Å². The molecule has 0 aromatic heterocycles. The maximum atomic E-state index is 12.8. The first-order valence-corrected chi connectivity index (χ1v) is 9.88. The predicted octanol–water partition coefficient (Wildman–Crippen LogP) is 3.24. The fourth-order valence-electron chi connectivity index (χ4n) is 2.72. The van der Waals surface area contributed by atoms with E-state index >= 15 is 0 Å². The Labute approximate surface area is 172 Å². The SMILES string of the molecule is CCC(Oc1ccccc1/C=C1\SC(=S)N(C(C(=O)O)C(C)C)C1=O)C(=O)O. The molecular formula is C19H21NO6S2. The second-order valence-electron chi connectivity index (χ2n) is 6.47. The molecule has 0 saturated carbocycles. The molecule has 2 rings (SSSR count). The summed E-state index contributed by atoms with van der Waals surface area (Å²) in [5, 5.41) is 18.7. The average molecular weight is 424 g/mol. The molecule has 1 amide bonds. The van der Waals surface area contributed by atoms with Crippen LogP contribution in [0.5, 0.6) is 5.75 Å². The number of carbonyl (C=O) groups excluding carboxylic acids is 1. The highest BCUT2D eigenvalue weighted by Crippen LogP contribution is 2.36. The molecule has 0 aliphatic carbocycles. The van der Waals surface area contributed by atoms with Crippen LogP contribution in [0.1, 0.15) is 32.8 Å². The van der Waals surface area contributed by atoms with Crippen molar-refractivity contribution in [2.45, 2.75) is 39.3 Å². The molecule has 0 spiro atoms. The van der Waals surface area contributed by atoms with E-state index in [1.54, 1.807) is 51.1 Å². The van der Waals surface area contributed by atoms with Gasteiger partial charge in [-0.3, -0.25) is 9.69 Å². The molecule has 2 unspecified atom stereocenters. The molecule has 1 aliphatic heterocycles. The van der Waals surface area contributed by atoms with Crippen molar-refractivity contribution in [3.8, 4) is 5.75 Å². The molecule has 1 fully saturated rings. The van der Waals surface area contributed by atoms with Crippen molar-refractivity contribution in [2.24, 2.45) is 5.92 Å². The molecule has 150 valence electrons. The molecule has 0 bridgehead atoms. The number of ether oxygens (including phenoxy) is 1. The van der Waals surface area contributed by atoms with Gasteiger partial charge in [0.05, 0.1) is 4.91 Å². The van der Waals surface area contributed by atoms with Gasteiger partial charge in [-0.15, -0.1) is 0 Å². The van der Waals surface area contributed by atoms with Crippen LogP contribution in [0.15, 0.2) is 29.2 Å². The number of amides is 1. The Hall–Kier alpha value is -2.39. The van der Waals surface area contributed by atoms with Gasteiger partial charge in [-0.1, -0.05) is 63.0 Å². The number of thioether (sulfide) groups is 1. The first-order chi connectivity index (χ1) is 13.2. The lowest BCUT2D eigenvalue weighted by Crippen LogP contribution is -2.47. The number of para-hydroxylation sites is 1. The van der Waals surface area contributed by atoms with Crippen molar-refractivity contribution in [1.29, 1.82) is 0 Å². The van der Waals surface area contributed by atoms with Crippen LogP contribution < -0.4 is 4.74 Å². The topological polar surface area (TPSA) is 104 Å². The summed E-state index contributed by atoms with van der Waals surface area (Å²) < 4.78 is 5.75. The van der Waals surface area contributed by atoms with Gasteiger partial charge >= 0.3 is 11.9 Å². The molecule has 28 heavy (non-hydrogen) atoms. The van der Waals surface area contributed by atoms with Crippen LogP contribution in [0.25, 0.3) is 6.08 Å². The third-order valence-corrected chi connectivity index (χ3v) is 5.44. The molecular weight excluding hydrogens is 402 g/mol. The monoisotopic (exact) mass is 423 g/mol. The number of benzene rings is 1. The third-order valence-electron chi connectivity index (χ3n) is 4.11. The van der Waals surface area contributed by atoms with Gasteiger partial charge in [0.1, 0.15) is 16.1 Å². The highest BCUT2D eigenvalue weighted by atomic mass is 32.2. The van der Waals surface area contributed by atoms with Crippen LogP contribution in [0.2, 0.25) is 0 Å². The molecule has 7 nitrogen and oxygen atoms in total. The summed E-state index contributed by atoms with van der Waals surface area (Å²) in [6.45, 7) is 5.12. The van der Waals surface area contributed by atoms with Gasteiger partial charge in [0.15, 0.2) is 6.10 Å². The van der Waals surface area contributed by atoms with E-state index in [2.05, 4.69) is 0 Å². The van der Waals surface area contributed by atoms with Crippen molar-refractivity contribution in [2.75, 3.05) is 0 Å². The smallest absolute Gasteiger partial charge is 0.344 e. The summed E-state index contributed by atoms with van der Waals surface area (Å²) in [4.78, 5) is 37.1. The lowest BCUT2D eigenvalue weighted by atomic mass is 10.0. The van der Waals surface area contributed by atoms with Gasteiger partial charge in [0.25, 0.3) is 5.91 Å². The zero-order valence-corrected chi connectivity index (χ0v) is 17.3. The van der Waals surface area contributed by atoms with Crippen molar-refractivity contribution < 1.29 is 29.3 Å². The summed E-state index contributed by atoms with van der Waals surface area (Å²) >= 11 is 6.25. The molecule has 1 aliphatic rings. The second-order valence-corrected chi connectivity index (χ2v) is 8.15. The summed E-state index contributed by atoms with van der Waals surface area (Å²) in [7, 11) is 0. The van der Waals surface area contributed by atoms with Gasteiger partial charge in [0.2, 0.25) is 0 Å². The lowest BCUT2D eigenvalue weighted by molar-refractivity contribution is -0.147. The summed E-state index contributed by atoms with van der Waals surface area (Å²) in [5.74, 6) is -2.69. The number of carboxylic acid groups (broad SMARTS) is 2. The minimum absolute atomic E-state index is 0.174. The van der Waals surface area contributed by atoms with Crippen LogP contribution >= 0.6 is 24.0 Å². The van der Waals surface area contributed by atoms with Crippen molar-refractivity contribution >= 4 is 52.2 Å². The number of rotatable bonds is 8. The molecule has 0 radical (unpaired) electrons. The number of hydrogen-bond donors (Lipinski definition) is 2. The maximum Gasteiger partial charge on any atom is 0.344 e. The maximum absolute atomic E-state index is 12.8. The minimum atomic E-state index is -1.12. The van der Waals surface area contributed by atoms with E-state index in [-0.39, 0.29) is 21.6 Å². The average Bonchev–Trinajstić information content (AvgIpc) is 2.88. The molecule has 2 atom stereocenters. The van der Waals surface area contributed by atoms with E-state index in [4.69, 9.17) is 17.0 Å². The first-order valence-electron chi connectivity index (χ1n) is 8.65. The Kier molecular flexibility index (Phi) is 7.20. The van der Waals surface area contributed by atoms with Crippen molar-refractivity contribution in [3.05, 3.63) is 34.7 Å². The Balaban J connectivity index is 2.37. The number of hydrogen-bond acceptors (Lipinski definition) is 6. The summed E-state index contributed by atoms with van der Waals surface area (Å²) in [5.41, 5.74) is 0.513. The van der Waals surface area contributed by atoms with Crippen LogP contribution in [0.4, 0.5) is 0 Å². The van der Waals surface area contributed by atoms with Crippen molar-refractivity contribution in [1.82, 2.24) is 4.90 Å². The quantitative estimate of drug-likeness (QED) is 0.485. The molecule has 2 N–H and O–H groups in total. The minimum Gasteiger partial charge on any atom is -0.480 e. The highest BCUT2D eigenvalue weighted by Gasteiger charge is 2.42. The number of thiocarbonyl (C=S) groups is 1. The number of aliphatic carboxylic acids is 2. The molecule has 1 heterocycles. The molecule has 1 aromatic carbocycles. The fraction of sp³-hybridized carbons (Fsp3) is 0.368. The number of carboxylic acids is 2. The van der Waals surface area contributed by atoms with Crippen LogP contribution in [-0.4, -0.2) is 49.4 Å². The largest absolute Gasteiger partial charge is 0.480 e. The van der Waals surface area contributed by atoms with Gasteiger partial charge in [-0.2, -0.15) is 0 Å². The zero-order valence-electron chi connectivity index (χ0n) is 15.6. The Morgan fingerprint density at radius 3 is 2.43 bits per heavy atom. The molecule has 1 saturated heterocycles. The first kappa shape index (κ1) is 21.9. The van der Waals surface area contributed by atoms with Gasteiger partial charge in [-0.05, 0) is 24.5 Å². The molecule has 9 heteroatoms. The summed E-state index contributed by atoms with van der Waals surface area (Å²) in [6, 6.07) is 5.68. The highest BCUT2D eigenvalue weighted by molar-refractivity contribution is 8.26. The lowest BCUT2D eigenvalue weighted by Gasteiger charge is -2.26. The summed E-state index contributed by atoms with van der Waals surface area (Å²) in [6.07, 6.45) is 0.810. The van der Waals surface area contributed by atoms with E-state index < -0.39 is 30.0 Å². The van der Waals surface area contributed by atoms with E-state index in [1.165, 1.54) is 0 Å². The van der Waals surface area contributed by atoms with Crippen LogP contribution in [0, 0.1) is 5.92 Å². The Morgan fingerprint density at radius 2 is 1.89 bits per heavy atom. The standard InChI is InChI=1S/C19H21NO6S2/c1-4-12(17(22)23)26-13-8-6-5-7-11(13)9-14-16(21)20(19(27)28-14)15(10(2)3)18(24)25/h5-10,12,15H,4H2,1-3H3,(H,22,23)(H,24,25)/b14-9-. The van der Waals surface area contributed by atoms with Crippen LogP contribution in [-0.2, 0) is 14.4 Å². The fourth-order valence-corrected chi connectivity index (χ4v) is 4.04. The van der Waals surface area contributed by atoms with Crippen molar-refractivity contribution in [3.63, 3.8) is 0 Å². The Bertz CT molecular complexity index is 835. The van der Waals surface area contributed by atoms with Gasteiger partial charge in [-0.25, -0.2) is 9.59 Å². The Morgan fingerprint density at radius 1 is 1.25 bits per heavy atom. The van der Waals surface area contributed by atoms with E-state index in [0.717, 1.165) is 16.7 Å². The van der Waals surface area contributed by atoms with Gasteiger partial charge in [0, 0.05) is 5.56 Å². The number of carbonyl (C=O) groups is 3. The molecule has 1 aromatic rings.